The Hall–Kier alpha value is -1.43. The molecule has 0 fully saturated rings. The van der Waals surface area contributed by atoms with Gasteiger partial charge < -0.3 is 20.1 Å². The molecule has 0 amide bonds. The quantitative estimate of drug-likeness (QED) is 0.747. The van der Waals surface area contributed by atoms with Crippen LogP contribution in [-0.4, -0.2) is 32.8 Å². The highest BCUT2D eigenvalue weighted by molar-refractivity contribution is 7.19. The third-order valence-electron chi connectivity index (χ3n) is 2.82. The summed E-state index contributed by atoms with van der Waals surface area (Å²) in [4.78, 5) is 14.6. The van der Waals surface area contributed by atoms with Crippen molar-refractivity contribution < 1.29 is 14.3 Å². The van der Waals surface area contributed by atoms with Crippen molar-refractivity contribution in [2.75, 3.05) is 37.4 Å². The molecule has 0 atom stereocenters. The van der Waals surface area contributed by atoms with E-state index in [4.69, 9.17) is 15.2 Å². The third-order valence-corrected chi connectivity index (χ3v) is 4.05. The highest BCUT2D eigenvalue weighted by atomic mass is 32.1. The van der Waals surface area contributed by atoms with Gasteiger partial charge in [0, 0.05) is 13.1 Å². The van der Waals surface area contributed by atoms with Crippen LogP contribution >= 0.6 is 11.3 Å². The minimum Gasteiger partial charge on any atom is -0.492 e. The average molecular weight is 300 g/mol. The van der Waals surface area contributed by atoms with Crippen molar-refractivity contribution in [2.45, 2.75) is 33.6 Å². The summed E-state index contributed by atoms with van der Waals surface area (Å²) in [5, 5.41) is 0.914. The van der Waals surface area contributed by atoms with E-state index in [0.717, 1.165) is 30.9 Å². The largest absolute Gasteiger partial charge is 0.492 e. The van der Waals surface area contributed by atoms with Crippen LogP contribution in [0.25, 0.3) is 0 Å². The van der Waals surface area contributed by atoms with Crippen molar-refractivity contribution in [3.05, 3.63) is 4.88 Å². The van der Waals surface area contributed by atoms with Crippen molar-refractivity contribution >= 4 is 28.0 Å². The maximum absolute atomic E-state index is 11.9. The molecule has 0 radical (unpaired) electrons. The Morgan fingerprint density at radius 1 is 1.25 bits per heavy atom. The number of rotatable bonds is 8. The topological polar surface area (TPSA) is 64.8 Å². The minimum absolute atomic E-state index is 0.335. The number of methoxy groups -OCH3 is 1. The van der Waals surface area contributed by atoms with Gasteiger partial charge in [-0.2, -0.15) is 0 Å². The van der Waals surface area contributed by atoms with Crippen LogP contribution in [0, 0.1) is 0 Å². The molecule has 0 bridgehead atoms. The van der Waals surface area contributed by atoms with Gasteiger partial charge in [0.15, 0.2) is 5.75 Å². The summed E-state index contributed by atoms with van der Waals surface area (Å²) in [7, 11) is 1.58. The molecule has 1 aromatic rings. The van der Waals surface area contributed by atoms with Crippen LogP contribution in [-0.2, 0) is 4.74 Å². The van der Waals surface area contributed by atoms with Gasteiger partial charge >= 0.3 is 5.97 Å². The summed E-state index contributed by atoms with van der Waals surface area (Å²) in [6.45, 7) is 8.18. The number of nitrogens with zero attached hydrogens (tertiary/aromatic N) is 1. The van der Waals surface area contributed by atoms with Crippen LogP contribution < -0.4 is 15.4 Å². The number of ether oxygens (including phenoxy) is 2. The van der Waals surface area contributed by atoms with Crippen molar-refractivity contribution in [3.63, 3.8) is 0 Å². The fraction of sp³-hybridized carbons (Fsp3) is 0.643. The number of carbonyl (C=O) groups excluding carboxylic acids is 1. The molecular weight excluding hydrogens is 276 g/mol. The van der Waals surface area contributed by atoms with E-state index >= 15 is 0 Å². The van der Waals surface area contributed by atoms with Crippen molar-refractivity contribution in [1.29, 1.82) is 0 Å². The van der Waals surface area contributed by atoms with Crippen molar-refractivity contribution in [3.8, 4) is 5.75 Å². The molecule has 114 valence electrons. The number of thiophene rings is 1. The summed E-state index contributed by atoms with van der Waals surface area (Å²) < 4.78 is 10.4. The molecule has 0 saturated heterocycles. The van der Waals surface area contributed by atoms with Gasteiger partial charge in [0.2, 0.25) is 0 Å². The Balaban J connectivity index is 3.17. The first-order valence-electron chi connectivity index (χ1n) is 6.98. The molecular formula is C14H24N2O3S. The van der Waals surface area contributed by atoms with E-state index in [0.29, 0.717) is 22.9 Å². The normalized spacial score (nSPS) is 10.4. The van der Waals surface area contributed by atoms with Crippen LogP contribution in [0.15, 0.2) is 0 Å². The number of hydrogen-bond donors (Lipinski definition) is 1. The van der Waals surface area contributed by atoms with Gasteiger partial charge in [-0.1, -0.05) is 13.8 Å². The number of nitrogens with two attached hydrogens (primary N) is 1. The predicted octanol–water partition coefficient (Wildman–Crippen LogP) is 3.14. The van der Waals surface area contributed by atoms with E-state index < -0.39 is 0 Å². The van der Waals surface area contributed by atoms with E-state index in [1.165, 1.54) is 11.3 Å². The second kappa shape index (κ2) is 7.99. The molecule has 0 aliphatic carbocycles. The predicted molar refractivity (Wildman–Crippen MR) is 84.0 cm³/mol. The highest BCUT2D eigenvalue weighted by Gasteiger charge is 2.25. The lowest BCUT2D eigenvalue weighted by Gasteiger charge is -2.22. The highest BCUT2D eigenvalue weighted by Crippen LogP contribution is 2.45. The van der Waals surface area contributed by atoms with Crippen LogP contribution in [0.4, 0.5) is 10.7 Å². The SMILES string of the molecule is CCCN(CCC)c1sc(C(=O)OCC)c(N)c1OC. The van der Waals surface area contributed by atoms with Gasteiger partial charge in [-0.3, -0.25) is 0 Å². The summed E-state index contributed by atoms with van der Waals surface area (Å²) in [6, 6.07) is 0. The molecule has 1 rings (SSSR count). The molecule has 2 N–H and O–H groups in total. The number of anilines is 2. The number of carbonyl (C=O) groups is 1. The molecule has 0 spiro atoms. The second-order valence-electron chi connectivity index (χ2n) is 4.39. The number of nitrogen functional groups attached to an aromatic ring is 1. The molecule has 0 aliphatic heterocycles. The zero-order valence-corrected chi connectivity index (χ0v) is 13.5. The van der Waals surface area contributed by atoms with E-state index in [-0.39, 0.29) is 5.97 Å². The Labute approximate surface area is 124 Å². The van der Waals surface area contributed by atoms with E-state index in [1.54, 1.807) is 14.0 Å². The van der Waals surface area contributed by atoms with Crippen LogP contribution in [0.5, 0.6) is 5.75 Å². The van der Waals surface area contributed by atoms with E-state index in [2.05, 4.69) is 18.7 Å². The monoisotopic (exact) mass is 300 g/mol. The van der Waals surface area contributed by atoms with E-state index in [9.17, 15) is 4.79 Å². The summed E-state index contributed by atoms with van der Waals surface area (Å²) in [5.41, 5.74) is 6.41. The molecule has 0 aliphatic rings. The molecule has 1 aromatic heterocycles. The molecule has 0 saturated carbocycles. The lowest BCUT2D eigenvalue weighted by molar-refractivity contribution is 0.0533. The Bertz CT molecular complexity index is 440. The second-order valence-corrected chi connectivity index (χ2v) is 5.39. The minimum atomic E-state index is -0.382. The van der Waals surface area contributed by atoms with Crippen LogP contribution in [0.3, 0.4) is 0 Å². The first kappa shape index (κ1) is 16.6. The van der Waals surface area contributed by atoms with Gasteiger partial charge in [0.05, 0.1) is 13.7 Å². The molecule has 6 heteroatoms. The number of esters is 1. The summed E-state index contributed by atoms with van der Waals surface area (Å²) >= 11 is 1.35. The Morgan fingerprint density at radius 2 is 1.85 bits per heavy atom. The fourth-order valence-corrected chi connectivity index (χ4v) is 3.16. The standard InChI is InChI=1S/C14H24N2O3S/c1-5-8-16(9-6-2)13-11(18-4)10(15)12(20-13)14(17)19-7-3/h5-9,15H2,1-4H3. The van der Waals surface area contributed by atoms with Gasteiger partial charge in [0.25, 0.3) is 0 Å². The van der Waals surface area contributed by atoms with Gasteiger partial charge in [0.1, 0.15) is 15.6 Å². The van der Waals surface area contributed by atoms with Gasteiger partial charge in [-0.05, 0) is 19.8 Å². The molecule has 5 nitrogen and oxygen atoms in total. The smallest absolute Gasteiger partial charge is 0.350 e. The first-order chi connectivity index (χ1) is 9.60. The fourth-order valence-electron chi connectivity index (χ4n) is 2.02. The van der Waals surface area contributed by atoms with Crippen molar-refractivity contribution in [2.24, 2.45) is 0 Å². The molecule has 0 aromatic carbocycles. The van der Waals surface area contributed by atoms with Gasteiger partial charge in [-0.25, -0.2) is 4.79 Å². The maximum Gasteiger partial charge on any atom is 0.350 e. The molecule has 20 heavy (non-hydrogen) atoms. The number of hydrogen-bond acceptors (Lipinski definition) is 6. The van der Waals surface area contributed by atoms with E-state index in [1.807, 2.05) is 0 Å². The van der Waals surface area contributed by atoms with Crippen LogP contribution in [0.1, 0.15) is 43.3 Å². The zero-order chi connectivity index (χ0) is 15.1. The molecule has 1 heterocycles. The lowest BCUT2D eigenvalue weighted by atomic mass is 10.3. The average Bonchev–Trinajstić information content (AvgIpc) is 2.75. The first-order valence-corrected chi connectivity index (χ1v) is 7.80. The van der Waals surface area contributed by atoms with Gasteiger partial charge in [-0.15, -0.1) is 11.3 Å². The Kier molecular flexibility index (Phi) is 6.64. The molecule has 0 unspecified atom stereocenters. The third kappa shape index (κ3) is 3.56. The summed E-state index contributed by atoms with van der Waals surface area (Å²) in [6.07, 6.45) is 2.05. The zero-order valence-electron chi connectivity index (χ0n) is 12.7. The van der Waals surface area contributed by atoms with Crippen molar-refractivity contribution in [1.82, 2.24) is 0 Å². The summed E-state index contributed by atoms with van der Waals surface area (Å²) in [5.74, 6) is 0.201. The lowest BCUT2D eigenvalue weighted by Crippen LogP contribution is -2.24. The maximum atomic E-state index is 11.9. The van der Waals surface area contributed by atoms with Crippen LogP contribution in [0.2, 0.25) is 0 Å². The Morgan fingerprint density at radius 3 is 2.30 bits per heavy atom.